The van der Waals surface area contributed by atoms with Crippen molar-refractivity contribution in [2.75, 3.05) is 33.5 Å². The van der Waals surface area contributed by atoms with Crippen molar-refractivity contribution in [1.29, 1.82) is 0 Å². The maximum absolute atomic E-state index is 5.64. The van der Waals surface area contributed by atoms with Gasteiger partial charge in [0.2, 0.25) is 0 Å². The molecule has 2 aromatic heterocycles. The highest BCUT2D eigenvalue weighted by Crippen LogP contribution is 2.39. The van der Waals surface area contributed by atoms with Gasteiger partial charge in [-0.25, -0.2) is 9.97 Å². The smallest absolute Gasteiger partial charge is 0.127 e. The number of methoxy groups -OCH3 is 1. The quantitative estimate of drug-likeness (QED) is 0.793. The first-order valence-corrected chi connectivity index (χ1v) is 10.6. The van der Waals surface area contributed by atoms with Gasteiger partial charge >= 0.3 is 0 Å². The first-order chi connectivity index (χ1) is 12.7. The maximum atomic E-state index is 5.64. The van der Waals surface area contributed by atoms with E-state index in [1.54, 1.807) is 7.11 Å². The normalized spacial score (nSPS) is 22.9. The molecule has 2 aliphatic rings. The molecule has 0 bridgehead atoms. The first kappa shape index (κ1) is 18.3. The molecule has 1 aliphatic carbocycles. The van der Waals surface area contributed by atoms with Crippen LogP contribution in [0.3, 0.4) is 0 Å². The molecule has 0 amide bonds. The summed E-state index contributed by atoms with van der Waals surface area (Å²) >= 11 is 1.89. The van der Waals surface area contributed by atoms with Crippen molar-refractivity contribution in [3.8, 4) is 0 Å². The topological polar surface area (TPSA) is 47.5 Å². The van der Waals surface area contributed by atoms with Crippen LogP contribution in [0.1, 0.15) is 54.4 Å². The lowest BCUT2D eigenvalue weighted by Gasteiger charge is -2.34. The van der Waals surface area contributed by atoms with E-state index in [2.05, 4.69) is 11.0 Å². The number of fused-ring (bicyclic) bond motifs is 1. The minimum atomic E-state index is 0.301. The molecule has 1 aliphatic heterocycles. The molecule has 1 saturated carbocycles. The molecular weight excluding hydrogens is 346 g/mol. The highest BCUT2D eigenvalue weighted by atomic mass is 32.1. The van der Waals surface area contributed by atoms with Gasteiger partial charge in [-0.3, -0.25) is 4.90 Å². The van der Waals surface area contributed by atoms with E-state index in [9.17, 15) is 0 Å². The Morgan fingerprint density at radius 2 is 2.12 bits per heavy atom. The van der Waals surface area contributed by atoms with Crippen LogP contribution in [0.15, 0.2) is 6.07 Å². The fourth-order valence-corrected chi connectivity index (χ4v) is 5.53. The van der Waals surface area contributed by atoms with Gasteiger partial charge in [0.05, 0.1) is 31.6 Å². The van der Waals surface area contributed by atoms with Crippen molar-refractivity contribution in [3.63, 3.8) is 0 Å². The van der Waals surface area contributed by atoms with Crippen molar-refractivity contribution in [3.05, 3.63) is 22.5 Å². The molecule has 5 nitrogen and oxygen atoms in total. The lowest BCUT2D eigenvalue weighted by Crippen LogP contribution is -2.47. The van der Waals surface area contributed by atoms with Crippen LogP contribution in [0, 0.1) is 6.92 Å². The van der Waals surface area contributed by atoms with Gasteiger partial charge in [-0.15, -0.1) is 11.3 Å². The van der Waals surface area contributed by atoms with E-state index in [0.29, 0.717) is 12.6 Å². The van der Waals surface area contributed by atoms with Gasteiger partial charge in [-0.2, -0.15) is 0 Å². The van der Waals surface area contributed by atoms with Gasteiger partial charge in [0, 0.05) is 30.5 Å². The van der Waals surface area contributed by atoms with Crippen molar-refractivity contribution in [1.82, 2.24) is 14.9 Å². The van der Waals surface area contributed by atoms with Gasteiger partial charge in [0.1, 0.15) is 10.7 Å². The lowest BCUT2D eigenvalue weighted by molar-refractivity contribution is -0.0390. The Morgan fingerprint density at radius 3 is 2.92 bits per heavy atom. The van der Waals surface area contributed by atoms with E-state index in [-0.39, 0.29) is 0 Å². The summed E-state index contributed by atoms with van der Waals surface area (Å²) in [6.45, 7) is 6.00. The molecular formula is C20H29N3O2S. The molecule has 1 atom stereocenters. The number of thiophene rings is 1. The zero-order chi connectivity index (χ0) is 17.9. The van der Waals surface area contributed by atoms with Crippen LogP contribution in [0.25, 0.3) is 10.2 Å². The summed E-state index contributed by atoms with van der Waals surface area (Å²) in [6, 6.07) is 2.69. The number of ether oxygens (including phenoxy) is 2. The van der Waals surface area contributed by atoms with E-state index < -0.39 is 0 Å². The minimum absolute atomic E-state index is 0.301. The van der Waals surface area contributed by atoms with E-state index >= 15 is 0 Å². The zero-order valence-corrected chi connectivity index (χ0v) is 16.7. The average Bonchev–Trinajstić information content (AvgIpc) is 3.08. The third-order valence-electron chi connectivity index (χ3n) is 5.67. The summed E-state index contributed by atoms with van der Waals surface area (Å²) < 4.78 is 11.0. The predicted molar refractivity (Wildman–Crippen MR) is 105 cm³/mol. The average molecular weight is 376 g/mol. The summed E-state index contributed by atoms with van der Waals surface area (Å²) in [4.78, 5) is 14.7. The van der Waals surface area contributed by atoms with Crippen LogP contribution < -0.4 is 0 Å². The number of hydrogen-bond donors (Lipinski definition) is 0. The number of rotatable bonds is 5. The largest absolute Gasteiger partial charge is 0.383 e. The number of aryl methyl sites for hydroxylation is 1. The van der Waals surface area contributed by atoms with Crippen molar-refractivity contribution < 1.29 is 9.47 Å². The summed E-state index contributed by atoms with van der Waals surface area (Å²) in [5.41, 5.74) is 1.16. The summed E-state index contributed by atoms with van der Waals surface area (Å²) in [5, 5.41) is 1.25. The van der Waals surface area contributed by atoms with E-state index in [1.165, 1.54) is 42.4 Å². The molecule has 0 radical (unpaired) electrons. The van der Waals surface area contributed by atoms with Crippen molar-refractivity contribution >= 4 is 21.6 Å². The SMILES string of the molecule is COC[C@@H]1COCCN1Cc1nc(C)nc2sc(C3CCCCC3)cc12. The monoisotopic (exact) mass is 375 g/mol. The Hall–Kier alpha value is -1.08. The van der Waals surface area contributed by atoms with Crippen molar-refractivity contribution in [2.45, 2.75) is 57.5 Å². The molecule has 0 unspecified atom stereocenters. The third kappa shape index (κ3) is 3.93. The molecule has 0 N–H and O–H groups in total. The van der Waals surface area contributed by atoms with Crippen LogP contribution in [0.2, 0.25) is 0 Å². The number of hydrogen-bond acceptors (Lipinski definition) is 6. The Bertz CT molecular complexity index is 740. The molecule has 0 spiro atoms. The van der Waals surface area contributed by atoms with Crippen LogP contribution in [0.5, 0.6) is 0 Å². The number of morpholine rings is 1. The summed E-state index contributed by atoms with van der Waals surface area (Å²) in [5.74, 6) is 1.60. The Labute approximate surface area is 159 Å². The highest BCUT2D eigenvalue weighted by molar-refractivity contribution is 7.18. The fourth-order valence-electron chi connectivity index (χ4n) is 4.26. The number of nitrogens with zero attached hydrogens (tertiary/aromatic N) is 3. The van der Waals surface area contributed by atoms with E-state index in [0.717, 1.165) is 48.6 Å². The van der Waals surface area contributed by atoms with Crippen LogP contribution in [0.4, 0.5) is 0 Å². The second-order valence-electron chi connectivity index (χ2n) is 7.57. The molecule has 26 heavy (non-hydrogen) atoms. The zero-order valence-electron chi connectivity index (χ0n) is 15.9. The van der Waals surface area contributed by atoms with Crippen LogP contribution in [-0.2, 0) is 16.0 Å². The van der Waals surface area contributed by atoms with Gasteiger partial charge < -0.3 is 9.47 Å². The second-order valence-corrected chi connectivity index (χ2v) is 8.64. The summed E-state index contributed by atoms with van der Waals surface area (Å²) in [7, 11) is 1.76. The maximum Gasteiger partial charge on any atom is 0.127 e. The Balaban J connectivity index is 1.62. The van der Waals surface area contributed by atoms with Gasteiger partial charge in [0.25, 0.3) is 0 Å². The Kier molecular flexibility index (Phi) is 5.84. The van der Waals surface area contributed by atoms with E-state index in [4.69, 9.17) is 19.4 Å². The first-order valence-electron chi connectivity index (χ1n) is 9.82. The molecule has 1 saturated heterocycles. The van der Waals surface area contributed by atoms with Crippen LogP contribution in [-0.4, -0.2) is 54.4 Å². The highest BCUT2D eigenvalue weighted by Gasteiger charge is 2.25. The fraction of sp³-hybridized carbons (Fsp3) is 0.700. The van der Waals surface area contributed by atoms with Gasteiger partial charge in [-0.05, 0) is 31.7 Å². The van der Waals surface area contributed by atoms with Gasteiger partial charge in [0.15, 0.2) is 0 Å². The molecule has 0 aromatic carbocycles. The molecule has 142 valence electrons. The van der Waals surface area contributed by atoms with E-state index in [1.807, 2.05) is 18.3 Å². The number of aromatic nitrogens is 2. The second kappa shape index (κ2) is 8.30. The van der Waals surface area contributed by atoms with Crippen LogP contribution >= 0.6 is 11.3 Å². The molecule has 3 heterocycles. The lowest BCUT2D eigenvalue weighted by atomic mass is 9.88. The molecule has 6 heteroatoms. The van der Waals surface area contributed by atoms with Crippen molar-refractivity contribution in [2.24, 2.45) is 0 Å². The Morgan fingerprint density at radius 1 is 1.27 bits per heavy atom. The summed E-state index contributed by atoms with van der Waals surface area (Å²) in [6.07, 6.45) is 6.78. The predicted octanol–water partition coefficient (Wildman–Crippen LogP) is 3.89. The minimum Gasteiger partial charge on any atom is -0.383 e. The standard InChI is InChI=1S/C20H29N3O2S/c1-14-21-18(11-23-8-9-25-13-16(23)12-24-2)17-10-19(26-20(17)22-14)15-6-4-3-5-7-15/h10,15-16H,3-9,11-13H2,1-2H3/t16-/m1/s1. The van der Waals surface area contributed by atoms with Gasteiger partial charge in [-0.1, -0.05) is 19.3 Å². The molecule has 2 aromatic rings. The molecule has 2 fully saturated rings. The third-order valence-corrected chi connectivity index (χ3v) is 6.86. The molecule has 4 rings (SSSR count).